The van der Waals surface area contributed by atoms with E-state index < -0.39 is 0 Å². The van der Waals surface area contributed by atoms with Crippen LogP contribution in [0.3, 0.4) is 0 Å². The van der Waals surface area contributed by atoms with Crippen LogP contribution in [0.5, 0.6) is 0 Å². The maximum atomic E-state index is 12.4. The predicted molar refractivity (Wildman–Crippen MR) is 79.0 cm³/mol. The summed E-state index contributed by atoms with van der Waals surface area (Å²) in [5.41, 5.74) is 1.25. The number of amides is 1. The topological polar surface area (TPSA) is 63.5 Å². The maximum absolute atomic E-state index is 12.4. The second kappa shape index (κ2) is 5.46. The van der Waals surface area contributed by atoms with Gasteiger partial charge in [0.15, 0.2) is 0 Å². The zero-order valence-corrected chi connectivity index (χ0v) is 13.0. The van der Waals surface area contributed by atoms with E-state index in [4.69, 9.17) is 9.15 Å². The van der Waals surface area contributed by atoms with Crippen LogP contribution in [0.2, 0.25) is 0 Å². The van der Waals surface area contributed by atoms with Gasteiger partial charge in [0.05, 0.1) is 12.6 Å². The highest BCUT2D eigenvalue weighted by Gasteiger charge is 2.36. The molecular weight excluding hydrogens is 268 g/mol. The summed E-state index contributed by atoms with van der Waals surface area (Å²) in [5.74, 6) is 1.89. The molecule has 0 radical (unpaired) electrons. The van der Waals surface area contributed by atoms with E-state index in [-0.39, 0.29) is 23.5 Å². The van der Waals surface area contributed by atoms with Crippen LogP contribution in [0, 0.1) is 12.3 Å². The van der Waals surface area contributed by atoms with Gasteiger partial charge in [-0.1, -0.05) is 13.8 Å². The van der Waals surface area contributed by atoms with Crippen molar-refractivity contribution in [2.24, 2.45) is 5.41 Å². The van der Waals surface area contributed by atoms with Crippen LogP contribution >= 0.6 is 0 Å². The van der Waals surface area contributed by atoms with Crippen LogP contribution in [0.1, 0.15) is 43.4 Å². The van der Waals surface area contributed by atoms with Crippen LogP contribution in [0.25, 0.3) is 0 Å². The smallest absolute Gasteiger partial charge is 0.250 e. The molecule has 5 heteroatoms. The predicted octanol–water partition coefficient (Wildman–Crippen LogP) is 1.71. The quantitative estimate of drug-likeness (QED) is 0.871. The Morgan fingerprint density at radius 2 is 2.29 bits per heavy atom. The molecule has 0 aromatic carbocycles. The van der Waals surface area contributed by atoms with E-state index in [1.54, 1.807) is 0 Å². The fourth-order valence-electron chi connectivity index (χ4n) is 3.31. The minimum atomic E-state index is -0.389. The number of hydrogen-bond acceptors (Lipinski definition) is 4. The normalized spacial score (nSPS) is 28.0. The Kier molecular flexibility index (Phi) is 3.80. The Hall–Kier alpha value is -1.33. The number of rotatable bonds is 2. The van der Waals surface area contributed by atoms with E-state index in [1.165, 1.54) is 0 Å². The zero-order valence-electron chi connectivity index (χ0n) is 13.0. The van der Waals surface area contributed by atoms with Crippen molar-refractivity contribution < 1.29 is 13.9 Å². The van der Waals surface area contributed by atoms with Gasteiger partial charge in [0, 0.05) is 25.1 Å². The molecule has 0 saturated carbocycles. The summed E-state index contributed by atoms with van der Waals surface area (Å²) in [5, 5.41) is 6.34. The minimum Gasteiger partial charge on any atom is -0.466 e. The molecule has 2 unspecified atom stereocenters. The molecule has 116 valence electrons. The molecule has 5 nitrogen and oxygen atoms in total. The first kappa shape index (κ1) is 14.6. The number of carbonyl (C=O) groups excluding carboxylic acids is 1. The summed E-state index contributed by atoms with van der Waals surface area (Å²) in [4.78, 5) is 12.4. The van der Waals surface area contributed by atoms with Gasteiger partial charge in [-0.05, 0) is 24.8 Å². The van der Waals surface area contributed by atoms with Gasteiger partial charge in [-0.25, -0.2) is 0 Å². The third kappa shape index (κ3) is 3.14. The average Bonchev–Trinajstić information content (AvgIpc) is 2.78. The van der Waals surface area contributed by atoms with Gasteiger partial charge in [-0.2, -0.15) is 0 Å². The lowest BCUT2D eigenvalue weighted by Crippen LogP contribution is -2.49. The van der Waals surface area contributed by atoms with Crippen LogP contribution in [-0.4, -0.2) is 31.7 Å². The number of morpholine rings is 1. The molecule has 2 aliphatic rings. The molecular formula is C16H24N2O3. The number of hydrogen-bond donors (Lipinski definition) is 2. The molecule has 2 heterocycles. The number of furan rings is 1. The summed E-state index contributed by atoms with van der Waals surface area (Å²) in [6, 6.07) is 2.06. The number of fused-ring (bicyclic) bond motifs is 1. The number of aryl methyl sites for hydroxylation is 1. The zero-order chi connectivity index (χ0) is 15.0. The van der Waals surface area contributed by atoms with Crippen LogP contribution in [-0.2, 0) is 16.0 Å². The Bertz CT molecular complexity index is 530. The van der Waals surface area contributed by atoms with Gasteiger partial charge < -0.3 is 19.8 Å². The second-order valence-corrected chi connectivity index (χ2v) is 6.91. The van der Waals surface area contributed by atoms with Gasteiger partial charge >= 0.3 is 0 Å². The second-order valence-electron chi connectivity index (χ2n) is 6.91. The van der Waals surface area contributed by atoms with E-state index >= 15 is 0 Å². The molecule has 1 aliphatic carbocycles. The molecule has 3 rings (SSSR count). The monoisotopic (exact) mass is 292 g/mol. The largest absolute Gasteiger partial charge is 0.466 e. The lowest BCUT2D eigenvalue weighted by molar-refractivity contribution is -0.135. The third-order valence-corrected chi connectivity index (χ3v) is 4.27. The van der Waals surface area contributed by atoms with E-state index in [2.05, 4.69) is 30.5 Å². The van der Waals surface area contributed by atoms with Crippen molar-refractivity contribution in [1.29, 1.82) is 0 Å². The summed E-state index contributed by atoms with van der Waals surface area (Å²) in [6.45, 7) is 8.37. The van der Waals surface area contributed by atoms with Gasteiger partial charge in [0.25, 0.3) is 5.91 Å². The first-order valence-electron chi connectivity index (χ1n) is 7.66. The van der Waals surface area contributed by atoms with Crippen molar-refractivity contribution in [3.63, 3.8) is 0 Å². The first-order valence-corrected chi connectivity index (χ1v) is 7.66. The van der Waals surface area contributed by atoms with E-state index in [9.17, 15) is 4.79 Å². The standard InChI is InChI=1S/C16H24N2O3/c1-10-6-11-12(7-16(2,3)8-13(11)21-10)18-15(19)14-9-17-4-5-20-14/h6,12,14,17H,4-5,7-9H2,1-3H3,(H,18,19). The van der Waals surface area contributed by atoms with Gasteiger partial charge in [-0.3, -0.25) is 4.79 Å². The molecule has 1 aromatic rings. The van der Waals surface area contributed by atoms with Crippen molar-refractivity contribution in [3.8, 4) is 0 Å². The minimum absolute atomic E-state index is 0.0132. The molecule has 1 fully saturated rings. The average molecular weight is 292 g/mol. The molecule has 21 heavy (non-hydrogen) atoms. The summed E-state index contributed by atoms with van der Waals surface area (Å²) >= 11 is 0. The van der Waals surface area contributed by atoms with Crippen LogP contribution in [0.15, 0.2) is 10.5 Å². The van der Waals surface area contributed by atoms with E-state index in [1.807, 2.05) is 6.92 Å². The van der Waals surface area contributed by atoms with Crippen LogP contribution in [0.4, 0.5) is 0 Å². The summed E-state index contributed by atoms with van der Waals surface area (Å²) in [7, 11) is 0. The maximum Gasteiger partial charge on any atom is 0.250 e. The van der Waals surface area contributed by atoms with Crippen molar-refractivity contribution in [2.75, 3.05) is 19.7 Å². The molecule has 0 spiro atoms. The van der Waals surface area contributed by atoms with E-state index in [0.717, 1.165) is 36.5 Å². The van der Waals surface area contributed by atoms with Crippen molar-refractivity contribution in [1.82, 2.24) is 10.6 Å². The van der Waals surface area contributed by atoms with Gasteiger partial charge in [0.1, 0.15) is 17.6 Å². The van der Waals surface area contributed by atoms with Gasteiger partial charge in [-0.15, -0.1) is 0 Å². The fourth-order valence-corrected chi connectivity index (χ4v) is 3.31. The molecule has 1 aromatic heterocycles. The van der Waals surface area contributed by atoms with Crippen LogP contribution < -0.4 is 10.6 Å². The lowest BCUT2D eigenvalue weighted by Gasteiger charge is -2.35. The van der Waals surface area contributed by atoms with Crippen molar-refractivity contribution in [3.05, 3.63) is 23.2 Å². The molecule has 2 atom stereocenters. The molecule has 1 aliphatic heterocycles. The highest BCUT2D eigenvalue weighted by atomic mass is 16.5. The van der Waals surface area contributed by atoms with E-state index in [0.29, 0.717) is 13.2 Å². The Morgan fingerprint density at radius 3 is 3.00 bits per heavy atom. The van der Waals surface area contributed by atoms with Crippen molar-refractivity contribution in [2.45, 2.75) is 45.8 Å². The fraction of sp³-hybridized carbons (Fsp3) is 0.688. The Morgan fingerprint density at radius 1 is 1.48 bits per heavy atom. The van der Waals surface area contributed by atoms with Crippen molar-refractivity contribution >= 4 is 5.91 Å². The number of carbonyl (C=O) groups is 1. The molecule has 1 amide bonds. The number of nitrogens with one attached hydrogen (secondary N) is 2. The molecule has 1 saturated heterocycles. The SMILES string of the molecule is Cc1cc2c(o1)CC(C)(C)CC2NC(=O)C1CNCCO1. The molecule has 2 N–H and O–H groups in total. The third-order valence-electron chi connectivity index (χ3n) is 4.27. The highest BCUT2D eigenvalue weighted by Crippen LogP contribution is 2.42. The first-order chi connectivity index (χ1) is 9.94. The summed E-state index contributed by atoms with van der Waals surface area (Å²) < 4.78 is 11.3. The lowest BCUT2D eigenvalue weighted by atomic mass is 9.74. The van der Waals surface area contributed by atoms with Gasteiger partial charge in [0.2, 0.25) is 0 Å². The highest BCUT2D eigenvalue weighted by molar-refractivity contribution is 5.81. The Labute approximate surface area is 125 Å². The Balaban J connectivity index is 1.76. The molecule has 0 bridgehead atoms. The summed E-state index contributed by atoms with van der Waals surface area (Å²) in [6.07, 6.45) is 1.45. The number of ether oxygens (including phenoxy) is 1.